The number of carbonyl (C=O) groups is 1. The zero-order valence-electron chi connectivity index (χ0n) is 11.7. The Labute approximate surface area is 114 Å². The fourth-order valence-electron chi connectivity index (χ4n) is 2.26. The first-order valence-electron chi connectivity index (χ1n) is 6.56. The quantitative estimate of drug-likeness (QED) is 0.850. The van der Waals surface area contributed by atoms with Gasteiger partial charge < -0.3 is 14.7 Å². The molecule has 0 radical (unpaired) electrons. The van der Waals surface area contributed by atoms with Crippen molar-refractivity contribution in [1.29, 1.82) is 0 Å². The Morgan fingerprint density at radius 1 is 1.42 bits per heavy atom. The molecule has 0 aromatic heterocycles. The standard InChI is InChI=1S/C15H21NO3/c1-15(2,3)16(14(17)18)9-12(13-10-19-13)11-7-5-4-6-8-11/h4-8,12-13H,9-10H2,1-3H3,(H,17,18). The molecule has 1 aliphatic rings. The summed E-state index contributed by atoms with van der Waals surface area (Å²) in [4.78, 5) is 12.9. The van der Waals surface area contributed by atoms with E-state index in [4.69, 9.17) is 4.74 Å². The summed E-state index contributed by atoms with van der Waals surface area (Å²) in [5, 5.41) is 9.39. The van der Waals surface area contributed by atoms with E-state index in [-0.39, 0.29) is 12.0 Å². The molecule has 2 rings (SSSR count). The molecule has 4 nitrogen and oxygen atoms in total. The van der Waals surface area contributed by atoms with Crippen LogP contribution in [0.5, 0.6) is 0 Å². The molecule has 0 bridgehead atoms. The minimum Gasteiger partial charge on any atom is -0.465 e. The van der Waals surface area contributed by atoms with Crippen LogP contribution in [0.25, 0.3) is 0 Å². The summed E-state index contributed by atoms with van der Waals surface area (Å²) in [5.74, 6) is 0.108. The summed E-state index contributed by atoms with van der Waals surface area (Å²) in [6.07, 6.45) is -0.735. The minimum absolute atomic E-state index is 0.108. The monoisotopic (exact) mass is 263 g/mol. The smallest absolute Gasteiger partial charge is 0.407 e. The molecule has 1 saturated heterocycles. The van der Waals surface area contributed by atoms with Crippen molar-refractivity contribution in [1.82, 2.24) is 4.90 Å². The molecule has 1 aromatic carbocycles. The molecule has 1 heterocycles. The maximum absolute atomic E-state index is 11.4. The molecule has 1 fully saturated rings. The third kappa shape index (κ3) is 3.47. The van der Waals surface area contributed by atoms with Gasteiger partial charge in [0.05, 0.1) is 12.7 Å². The van der Waals surface area contributed by atoms with E-state index in [1.807, 2.05) is 51.1 Å². The van der Waals surface area contributed by atoms with Gasteiger partial charge >= 0.3 is 6.09 Å². The van der Waals surface area contributed by atoms with E-state index in [0.717, 1.165) is 12.2 Å². The van der Waals surface area contributed by atoms with Crippen molar-refractivity contribution >= 4 is 6.09 Å². The second-order valence-corrected chi connectivity index (χ2v) is 5.95. The van der Waals surface area contributed by atoms with Crippen molar-refractivity contribution in [3.05, 3.63) is 35.9 Å². The van der Waals surface area contributed by atoms with Gasteiger partial charge in [-0.3, -0.25) is 0 Å². The maximum atomic E-state index is 11.4. The number of carboxylic acid groups (broad SMARTS) is 1. The van der Waals surface area contributed by atoms with Crippen molar-refractivity contribution in [2.24, 2.45) is 0 Å². The van der Waals surface area contributed by atoms with Crippen LogP contribution in [0.1, 0.15) is 32.3 Å². The third-order valence-electron chi connectivity index (χ3n) is 3.46. The van der Waals surface area contributed by atoms with Crippen molar-refractivity contribution in [3.63, 3.8) is 0 Å². The fourth-order valence-corrected chi connectivity index (χ4v) is 2.26. The van der Waals surface area contributed by atoms with Gasteiger partial charge in [0.2, 0.25) is 0 Å². The number of nitrogens with zero attached hydrogens (tertiary/aromatic N) is 1. The Bertz CT molecular complexity index is 434. The lowest BCUT2D eigenvalue weighted by Crippen LogP contribution is -2.47. The van der Waals surface area contributed by atoms with Crippen LogP contribution in [0.2, 0.25) is 0 Å². The van der Waals surface area contributed by atoms with Crippen molar-refractivity contribution in [2.45, 2.75) is 38.3 Å². The van der Waals surface area contributed by atoms with Crippen molar-refractivity contribution < 1.29 is 14.6 Å². The molecule has 2 atom stereocenters. The highest BCUT2D eigenvalue weighted by atomic mass is 16.6. The Balaban J connectivity index is 2.19. The minimum atomic E-state index is -0.880. The lowest BCUT2D eigenvalue weighted by molar-refractivity contribution is 0.0932. The summed E-state index contributed by atoms with van der Waals surface area (Å²) >= 11 is 0. The second-order valence-electron chi connectivity index (χ2n) is 5.95. The molecular weight excluding hydrogens is 242 g/mol. The van der Waals surface area contributed by atoms with Crippen molar-refractivity contribution in [3.8, 4) is 0 Å². The van der Waals surface area contributed by atoms with Gasteiger partial charge in [0, 0.05) is 18.0 Å². The van der Waals surface area contributed by atoms with Gasteiger partial charge in [-0.1, -0.05) is 30.3 Å². The van der Waals surface area contributed by atoms with Gasteiger partial charge in [-0.25, -0.2) is 4.79 Å². The highest BCUT2D eigenvalue weighted by Crippen LogP contribution is 2.32. The van der Waals surface area contributed by atoms with Crippen LogP contribution in [0.3, 0.4) is 0 Å². The van der Waals surface area contributed by atoms with E-state index >= 15 is 0 Å². The summed E-state index contributed by atoms with van der Waals surface area (Å²) in [6.45, 7) is 6.93. The number of epoxide rings is 1. The second kappa shape index (κ2) is 5.21. The van der Waals surface area contributed by atoms with Crippen molar-refractivity contribution in [2.75, 3.05) is 13.2 Å². The van der Waals surface area contributed by atoms with Crippen LogP contribution in [-0.4, -0.2) is 40.9 Å². The molecule has 104 valence electrons. The summed E-state index contributed by atoms with van der Waals surface area (Å²) < 4.78 is 5.40. The number of hydrogen-bond acceptors (Lipinski definition) is 2. The molecule has 1 aliphatic heterocycles. The Morgan fingerprint density at radius 3 is 2.42 bits per heavy atom. The SMILES string of the molecule is CC(C)(C)N(CC(c1ccccc1)C1CO1)C(=O)O. The number of hydrogen-bond donors (Lipinski definition) is 1. The van der Waals surface area contributed by atoms with Gasteiger partial charge in [-0.05, 0) is 26.3 Å². The topological polar surface area (TPSA) is 53.1 Å². The average molecular weight is 263 g/mol. The lowest BCUT2D eigenvalue weighted by atomic mass is 9.93. The molecule has 1 amide bonds. The molecule has 0 aliphatic carbocycles. The van der Waals surface area contributed by atoms with E-state index in [1.54, 1.807) is 0 Å². The maximum Gasteiger partial charge on any atom is 0.407 e. The van der Waals surface area contributed by atoms with Gasteiger partial charge in [0.25, 0.3) is 0 Å². The molecule has 1 aromatic rings. The van der Waals surface area contributed by atoms with Crippen LogP contribution in [-0.2, 0) is 4.74 Å². The number of rotatable bonds is 4. The fraction of sp³-hybridized carbons (Fsp3) is 0.533. The summed E-state index contributed by atoms with van der Waals surface area (Å²) in [7, 11) is 0. The van der Waals surface area contributed by atoms with E-state index in [2.05, 4.69) is 0 Å². The van der Waals surface area contributed by atoms with Gasteiger partial charge in [-0.2, -0.15) is 0 Å². The van der Waals surface area contributed by atoms with E-state index < -0.39 is 11.6 Å². The Hall–Kier alpha value is -1.55. The third-order valence-corrected chi connectivity index (χ3v) is 3.46. The number of ether oxygens (including phenoxy) is 1. The summed E-state index contributed by atoms with van der Waals surface area (Å²) in [5.41, 5.74) is 0.730. The average Bonchev–Trinajstić information content (AvgIpc) is 3.13. The van der Waals surface area contributed by atoms with Crippen LogP contribution >= 0.6 is 0 Å². The van der Waals surface area contributed by atoms with Crippen LogP contribution < -0.4 is 0 Å². The summed E-state index contributed by atoms with van der Waals surface area (Å²) in [6, 6.07) is 10.00. The molecule has 2 unspecified atom stereocenters. The largest absolute Gasteiger partial charge is 0.465 e. The zero-order valence-corrected chi connectivity index (χ0v) is 11.7. The van der Waals surface area contributed by atoms with Crippen LogP contribution in [0.15, 0.2) is 30.3 Å². The van der Waals surface area contributed by atoms with Crippen LogP contribution in [0, 0.1) is 0 Å². The molecule has 4 heteroatoms. The first-order valence-corrected chi connectivity index (χ1v) is 6.56. The first kappa shape index (κ1) is 13.9. The highest BCUT2D eigenvalue weighted by Gasteiger charge is 2.38. The molecule has 0 spiro atoms. The van der Waals surface area contributed by atoms with E-state index in [0.29, 0.717) is 6.54 Å². The van der Waals surface area contributed by atoms with E-state index in [1.165, 1.54) is 4.90 Å². The normalized spacial score (nSPS) is 19.8. The van der Waals surface area contributed by atoms with Gasteiger partial charge in [-0.15, -0.1) is 0 Å². The molecule has 19 heavy (non-hydrogen) atoms. The lowest BCUT2D eigenvalue weighted by Gasteiger charge is -2.35. The number of benzene rings is 1. The van der Waals surface area contributed by atoms with E-state index in [9.17, 15) is 9.90 Å². The molecule has 1 N–H and O–H groups in total. The van der Waals surface area contributed by atoms with Gasteiger partial charge in [0.15, 0.2) is 0 Å². The molecule has 0 saturated carbocycles. The first-order chi connectivity index (χ1) is 8.89. The predicted molar refractivity (Wildman–Crippen MR) is 73.4 cm³/mol. The van der Waals surface area contributed by atoms with Crippen LogP contribution in [0.4, 0.5) is 4.79 Å². The Kier molecular flexibility index (Phi) is 3.80. The van der Waals surface area contributed by atoms with Gasteiger partial charge in [0.1, 0.15) is 0 Å². The zero-order chi connectivity index (χ0) is 14.0. The Morgan fingerprint density at radius 2 is 2.00 bits per heavy atom. The predicted octanol–water partition coefficient (Wildman–Crippen LogP) is 2.95. The molecular formula is C15H21NO3. The highest BCUT2D eigenvalue weighted by molar-refractivity contribution is 5.66. The number of amides is 1.